The highest BCUT2D eigenvalue weighted by atomic mass is 15.1. The monoisotopic (exact) mass is 233 g/mol. The van der Waals surface area contributed by atoms with Gasteiger partial charge in [0.05, 0.1) is 5.69 Å². The third-order valence-corrected chi connectivity index (χ3v) is 4.15. The summed E-state index contributed by atoms with van der Waals surface area (Å²) in [6.07, 6.45) is 5.12. The van der Waals surface area contributed by atoms with E-state index < -0.39 is 0 Å². The van der Waals surface area contributed by atoms with Gasteiger partial charge in [-0.3, -0.25) is 0 Å². The number of nitrogens with zero attached hydrogens (tertiary/aromatic N) is 2. The fourth-order valence-electron chi connectivity index (χ4n) is 2.69. The van der Waals surface area contributed by atoms with Gasteiger partial charge in [0.15, 0.2) is 0 Å². The Bertz CT molecular complexity index is 404. The maximum absolute atomic E-state index is 4.90. The molecule has 1 unspecified atom stereocenters. The minimum Gasteiger partial charge on any atom is -0.331 e. The normalized spacial score (nSPS) is 21.3. The number of imidazole rings is 1. The van der Waals surface area contributed by atoms with Crippen LogP contribution < -0.4 is 5.32 Å². The number of fused-ring (bicyclic) bond motifs is 1. The van der Waals surface area contributed by atoms with Crippen LogP contribution in [0.15, 0.2) is 0 Å². The summed E-state index contributed by atoms with van der Waals surface area (Å²) < 4.78 is 2.56. The first-order chi connectivity index (χ1) is 8.29. The van der Waals surface area contributed by atoms with Crippen molar-refractivity contribution >= 4 is 0 Å². The summed E-state index contributed by atoms with van der Waals surface area (Å²) in [6, 6.07) is 0. The van der Waals surface area contributed by atoms with E-state index in [2.05, 4.69) is 23.7 Å². The van der Waals surface area contributed by atoms with Gasteiger partial charge >= 0.3 is 0 Å². The molecular formula is C14H23N3. The Balaban J connectivity index is 1.94. The summed E-state index contributed by atoms with van der Waals surface area (Å²) in [5.74, 6) is 2.92. The molecule has 3 rings (SSSR count). The fraction of sp³-hybridized carbons (Fsp3) is 0.786. The third-order valence-electron chi connectivity index (χ3n) is 4.15. The zero-order valence-corrected chi connectivity index (χ0v) is 11.0. The SMILES string of the molecule is CCC(C)Cn1c(C2CC2)nc2c1CCNC2. The maximum Gasteiger partial charge on any atom is 0.112 e. The molecule has 1 saturated carbocycles. The molecule has 1 aromatic heterocycles. The topological polar surface area (TPSA) is 29.9 Å². The van der Waals surface area contributed by atoms with E-state index in [9.17, 15) is 0 Å². The van der Waals surface area contributed by atoms with Crippen LogP contribution in [0.2, 0.25) is 0 Å². The summed E-state index contributed by atoms with van der Waals surface area (Å²) in [5.41, 5.74) is 2.84. The number of hydrogen-bond acceptors (Lipinski definition) is 2. The van der Waals surface area contributed by atoms with Crippen molar-refractivity contribution in [1.82, 2.24) is 14.9 Å². The van der Waals surface area contributed by atoms with Gasteiger partial charge in [0.1, 0.15) is 5.82 Å². The van der Waals surface area contributed by atoms with Gasteiger partial charge < -0.3 is 9.88 Å². The second-order valence-electron chi connectivity index (χ2n) is 5.69. The van der Waals surface area contributed by atoms with Gasteiger partial charge in [-0.2, -0.15) is 0 Å². The molecule has 17 heavy (non-hydrogen) atoms. The van der Waals surface area contributed by atoms with E-state index in [1.807, 2.05) is 0 Å². The summed E-state index contributed by atoms with van der Waals surface area (Å²) in [4.78, 5) is 4.90. The average Bonchev–Trinajstić information content (AvgIpc) is 3.13. The Labute approximate surface area is 104 Å². The van der Waals surface area contributed by atoms with Gasteiger partial charge in [0, 0.05) is 37.7 Å². The molecule has 1 atom stereocenters. The molecule has 0 bridgehead atoms. The van der Waals surface area contributed by atoms with Crippen molar-refractivity contribution in [2.45, 2.75) is 58.5 Å². The molecule has 0 spiro atoms. The molecule has 2 heterocycles. The number of hydrogen-bond donors (Lipinski definition) is 1. The molecule has 0 radical (unpaired) electrons. The second-order valence-corrected chi connectivity index (χ2v) is 5.69. The molecule has 1 aliphatic carbocycles. The summed E-state index contributed by atoms with van der Waals surface area (Å²) in [6.45, 7) is 7.90. The Morgan fingerprint density at radius 2 is 2.29 bits per heavy atom. The van der Waals surface area contributed by atoms with Crippen LogP contribution in [0.5, 0.6) is 0 Å². The van der Waals surface area contributed by atoms with E-state index in [1.54, 1.807) is 0 Å². The molecule has 1 aliphatic heterocycles. The van der Waals surface area contributed by atoms with Crippen LogP contribution in [0.1, 0.15) is 56.2 Å². The van der Waals surface area contributed by atoms with Crippen LogP contribution in [0.3, 0.4) is 0 Å². The number of rotatable bonds is 4. The van der Waals surface area contributed by atoms with Crippen molar-refractivity contribution in [1.29, 1.82) is 0 Å². The average molecular weight is 233 g/mol. The Morgan fingerprint density at radius 3 is 3.00 bits per heavy atom. The zero-order chi connectivity index (χ0) is 11.8. The van der Waals surface area contributed by atoms with Crippen LogP contribution in [0.4, 0.5) is 0 Å². The van der Waals surface area contributed by atoms with E-state index in [0.29, 0.717) is 0 Å². The highest BCUT2D eigenvalue weighted by molar-refractivity contribution is 5.24. The molecule has 3 heteroatoms. The predicted octanol–water partition coefficient (Wildman–Crippen LogP) is 2.45. The molecule has 0 saturated heterocycles. The van der Waals surface area contributed by atoms with Gasteiger partial charge in [-0.05, 0) is 18.8 Å². The zero-order valence-electron chi connectivity index (χ0n) is 11.0. The molecule has 3 nitrogen and oxygen atoms in total. The lowest BCUT2D eigenvalue weighted by Crippen LogP contribution is -2.25. The summed E-state index contributed by atoms with van der Waals surface area (Å²) >= 11 is 0. The lowest BCUT2D eigenvalue weighted by Gasteiger charge is -2.18. The van der Waals surface area contributed by atoms with Crippen molar-refractivity contribution in [2.75, 3.05) is 6.54 Å². The maximum atomic E-state index is 4.90. The van der Waals surface area contributed by atoms with Gasteiger partial charge in [-0.25, -0.2) is 4.98 Å². The summed E-state index contributed by atoms with van der Waals surface area (Å²) in [7, 11) is 0. The molecule has 0 amide bonds. The first-order valence-corrected chi connectivity index (χ1v) is 7.08. The molecule has 94 valence electrons. The van der Waals surface area contributed by atoms with Gasteiger partial charge in [0.2, 0.25) is 0 Å². The van der Waals surface area contributed by atoms with E-state index in [-0.39, 0.29) is 0 Å². The standard InChI is InChI=1S/C14H23N3/c1-3-10(2)9-17-13-6-7-15-8-12(13)16-14(17)11-4-5-11/h10-11,15H,3-9H2,1-2H3. The van der Waals surface area contributed by atoms with Crippen molar-refractivity contribution in [3.05, 3.63) is 17.2 Å². The van der Waals surface area contributed by atoms with Crippen LogP contribution in [-0.4, -0.2) is 16.1 Å². The quantitative estimate of drug-likeness (QED) is 0.865. The first kappa shape index (κ1) is 11.3. The highest BCUT2D eigenvalue weighted by Crippen LogP contribution is 2.40. The number of aromatic nitrogens is 2. The van der Waals surface area contributed by atoms with Gasteiger partial charge in [-0.15, -0.1) is 0 Å². The molecule has 1 aromatic rings. The van der Waals surface area contributed by atoms with E-state index in [1.165, 1.54) is 43.0 Å². The Kier molecular flexibility index (Phi) is 2.95. The van der Waals surface area contributed by atoms with E-state index in [0.717, 1.165) is 31.3 Å². The predicted molar refractivity (Wildman–Crippen MR) is 69.1 cm³/mol. The van der Waals surface area contributed by atoms with Crippen LogP contribution in [0.25, 0.3) is 0 Å². The van der Waals surface area contributed by atoms with Crippen molar-refractivity contribution in [2.24, 2.45) is 5.92 Å². The van der Waals surface area contributed by atoms with Crippen LogP contribution >= 0.6 is 0 Å². The van der Waals surface area contributed by atoms with Crippen molar-refractivity contribution in [3.8, 4) is 0 Å². The smallest absolute Gasteiger partial charge is 0.112 e. The molecule has 1 N–H and O–H groups in total. The first-order valence-electron chi connectivity index (χ1n) is 7.08. The lowest BCUT2D eigenvalue weighted by molar-refractivity contribution is 0.444. The third kappa shape index (κ3) is 2.13. The molecular weight excluding hydrogens is 210 g/mol. The lowest BCUT2D eigenvalue weighted by atomic mass is 10.1. The van der Waals surface area contributed by atoms with Crippen molar-refractivity contribution in [3.63, 3.8) is 0 Å². The fourth-order valence-corrected chi connectivity index (χ4v) is 2.69. The highest BCUT2D eigenvalue weighted by Gasteiger charge is 2.31. The van der Waals surface area contributed by atoms with Gasteiger partial charge in [0.25, 0.3) is 0 Å². The molecule has 1 fully saturated rings. The van der Waals surface area contributed by atoms with Gasteiger partial charge in [-0.1, -0.05) is 20.3 Å². The Hall–Kier alpha value is -0.830. The largest absolute Gasteiger partial charge is 0.331 e. The minimum atomic E-state index is 0.765. The molecule has 2 aliphatic rings. The van der Waals surface area contributed by atoms with Crippen molar-refractivity contribution < 1.29 is 0 Å². The second kappa shape index (κ2) is 4.45. The summed E-state index contributed by atoms with van der Waals surface area (Å²) in [5, 5.41) is 3.43. The van der Waals surface area contributed by atoms with E-state index >= 15 is 0 Å². The van der Waals surface area contributed by atoms with Crippen LogP contribution in [-0.2, 0) is 19.5 Å². The Morgan fingerprint density at radius 1 is 1.47 bits per heavy atom. The minimum absolute atomic E-state index is 0.765. The van der Waals surface area contributed by atoms with E-state index in [4.69, 9.17) is 4.98 Å². The molecule has 0 aromatic carbocycles. The number of nitrogens with one attached hydrogen (secondary N) is 1. The van der Waals surface area contributed by atoms with Crippen LogP contribution in [0, 0.1) is 5.92 Å².